The Balaban J connectivity index is 1.59. The van der Waals surface area contributed by atoms with E-state index in [1.54, 1.807) is 17.1 Å². The van der Waals surface area contributed by atoms with Crippen LogP contribution in [-0.2, 0) is 0 Å². The first-order valence-corrected chi connectivity index (χ1v) is 11.1. The molecule has 31 heavy (non-hydrogen) atoms. The quantitative estimate of drug-likeness (QED) is 0.454. The lowest BCUT2D eigenvalue weighted by atomic mass is 9.77. The molecule has 0 saturated heterocycles. The van der Waals surface area contributed by atoms with Crippen LogP contribution < -0.4 is 0 Å². The van der Waals surface area contributed by atoms with E-state index in [0.29, 0.717) is 10.6 Å². The van der Waals surface area contributed by atoms with Gasteiger partial charge in [0.15, 0.2) is 0 Å². The molecule has 0 N–H and O–H groups in total. The van der Waals surface area contributed by atoms with Gasteiger partial charge in [-0.15, -0.1) is 0 Å². The standard InChI is InChI=1S/C27H23ClN2O/c28-24-17-8-7-15-22(24)27(31)30-26(20-12-5-2-6-13-20)23-16-9-14-21(25(23)29-30)18-19-10-3-1-4-11-19/h1-8,10-13,15,17-18,23,26H,9,14,16H2/b21-18+/t23-,26-/m1/s1. The van der Waals surface area contributed by atoms with E-state index in [4.69, 9.17) is 16.7 Å². The molecule has 2 atom stereocenters. The zero-order chi connectivity index (χ0) is 21.2. The largest absolute Gasteiger partial charge is 0.276 e. The molecule has 0 radical (unpaired) electrons. The number of hydrogen-bond acceptors (Lipinski definition) is 2. The highest BCUT2D eigenvalue weighted by Gasteiger charge is 2.44. The predicted octanol–water partition coefficient (Wildman–Crippen LogP) is 6.78. The van der Waals surface area contributed by atoms with Gasteiger partial charge in [0.2, 0.25) is 0 Å². The lowest BCUT2D eigenvalue weighted by molar-refractivity contribution is 0.0681. The molecule has 0 spiro atoms. The zero-order valence-corrected chi connectivity index (χ0v) is 17.9. The van der Waals surface area contributed by atoms with Crippen LogP contribution in [-0.4, -0.2) is 16.6 Å². The number of amides is 1. The van der Waals surface area contributed by atoms with Crippen LogP contribution in [0.1, 0.15) is 46.8 Å². The average Bonchev–Trinajstić information content (AvgIpc) is 3.21. The van der Waals surface area contributed by atoms with E-state index in [1.807, 2.05) is 48.5 Å². The van der Waals surface area contributed by atoms with Crippen molar-refractivity contribution in [3.63, 3.8) is 0 Å². The summed E-state index contributed by atoms with van der Waals surface area (Å²) < 4.78 is 0. The Morgan fingerprint density at radius 2 is 1.61 bits per heavy atom. The molecule has 3 aromatic rings. The SMILES string of the molecule is O=C(c1ccccc1Cl)N1N=C2/C(=C/c3ccccc3)CCC[C@H]2[C@H]1c1ccccc1. The van der Waals surface area contributed by atoms with Crippen LogP contribution >= 0.6 is 11.6 Å². The maximum Gasteiger partial charge on any atom is 0.276 e. The van der Waals surface area contributed by atoms with Gasteiger partial charge >= 0.3 is 0 Å². The number of rotatable bonds is 3. The van der Waals surface area contributed by atoms with E-state index >= 15 is 0 Å². The molecule has 1 amide bonds. The maximum atomic E-state index is 13.6. The van der Waals surface area contributed by atoms with E-state index in [9.17, 15) is 4.79 Å². The van der Waals surface area contributed by atoms with E-state index in [2.05, 4.69) is 30.3 Å². The Hall–Kier alpha value is -3.17. The molecule has 1 saturated carbocycles. The smallest absolute Gasteiger partial charge is 0.267 e. The van der Waals surface area contributed by atoms with Crippen molar-refractivity contribution in [2.24, 2.45) is 11.0 Å². The Labute approximate surface area is 187 Å². The Morgan fingerprint density at radius 1 is 0.935 bits per heavy atom. The van der Waals surface area contributed by atoms with Crippen molar-refractivity contribution < 1.29 is 4.79 Å². The maximum absolute atomic E-state index is 13.6. The van der Waals surface area contributed by atoms with Crippen molar-refractivity contribution in [3.8, 4) is 0 Å². The molecule has 3 aromatic carbocycles. The summed E-state index contributed by atoms with van der Waals surface area (Å²) in [6.07, 6.45) is 5.28. The fourth-order valence-corrected chi connectivity index (χ4v) is 4.88. The summed E-state index contributed by atoms with van der Waals surface area (Å²) in [5.41, 5.74) is 5.00. The van der Waals surface area contributed by atoms with Crippen molar-refractivity contribution in [3.05, 3.63) is 112 Å². The van der Waals surface area contributed by atoms with Crippen molar-refractivity contribution in [2.75, 3.05) is 0 Å². The van der Waals surface area contributed by atoms with E-state index in [0.717, 1.165) is 36.1 Å². The normalized spacial score (nSPS) is 21.6. The molecule has 0 unspecified atom stereocenters. The van der Waals surface area contributed by atoms with Crippen molar-refractivity contribution in [1.29, 1.82) is 0 Å². The summed E-state index contributed by atoms with van der Waals surface area (Å²) in [5, 5.41) is 7.06. The molecular weight excluding hydrogens is 404 g/mol. The van der Waals surface area contributed by atoms with Gasteiger partial charge in [0, 0.05) is 5.92 Å². The number of benzene rings is 3. The van der Waals surface area contributed by atoms with E-state index in [-0.39, 0.29) is 17.9 Å². The molecule has 0 bridgehead atoms. The highest BCUT2D eigenvalue weighted by atomic mass is 35.5. The van der Waals surface area contributed by atoms with Gasteiger partial charge in [0.25, 0.3) is 5.91 Å². The molecule has 1 fully saturated rings. The second-order valence-electron chi connectivity index (χ2n) is 8.05. The fraction of sp³-hybridized carbons (Fsp3) is 0.185. The van der Waals surface area contributed by atoms with Crippen LogP contribution in [0.2, 0.25) is 5.02 Å². The third-order valence-electron chi connectivity index (χ3n) is 6.10. The van der Waals surface area contributed by atoms with Gasteiger partial charge in [-0.3, -0.25) is 4.79 Å². The predicted molar refractivity (Wildman–Crippen MR) is 126 cm³/mol. The van der Waals surface area contributed by atoms with E-state index < -0.39 is 0 Å². The molecule has 5 rings (SSSR count). The van der Waals surface area contributed by atoms with Crippen LogP contribution in [0, 0.1) is 5.92 Å². The van der Waals surface area contributed by atoms with Crippen LogP contribution in [0.15, 0.2) is 95.6 Å². The Bertz CT molecular complexity index is 1150. The minimum Gasteiger partial charge on any atom is -0.267 e. The van der Waals surface area contributed by atoms with Gasteiger partial charge in [-0.2, -0.15) is 5.10 Å². The van der Waals surface area contributed by atoms with Crippen molar-refractivity contribution >= 4 is 29.3 Å². The molecule has 1 heterocycles. The summed E-state index contributed by atoms with van der Waals surface area (Å²) >= 11 is 6.37. The number of nitrogens with zero attached hydrogens (tertiary/aromatic N) is 2. The molecule has 2 aliphatic rings. The first kappa shape index (κ1) is 19.8. The molecule has 1 aliphatic heterocycles. The van der Waals surface area contributed by atoms with Crippen molar-refractivity contribution in [1.82, 2.24) is 5.01 Å². The van der Waals surface area contributed by atoms with Gasteiger partial charge in [-0.25, -0.2) is 5.01 Å². The molecule has 4 heteroatoms. The molecular formula is C27H23ClN2O. The number of hydrogen-bond donors (Lipinski definition) is 0. The summed E-state index contributed by atoms with van der Waals surface area (Å²) in [4.78, 5) is 13.6. The van der Waals surface area contributed by atoms with Gasteiger partial charge in [-0.05, 0) is 54.2 Å². The summed E-state index contributed by atoms with van der Waals surface area (Å²) in [7, 11) is 0. The second kappa shape index (κ2) is 8.52. The third-order valence-corrected chi connectivity index (χ3v) is 6.43. The summed E-state index contributed by atoms with van der Waals surface area (Å²) in [6.45, 7) is 0. The van der Waals surface area contributed by atoms with Gasteiger partial charge < -0.3 is 0 Å². The van der Waals surface area contributed by atoms with Crippen LogP contribution in [0.5, 0.6) is 0 Å². The molecule has 154 valence electrons. The number of carbonyl (C=O) groups is 1. The highest BCUT2D eigenvalue weighted by Crippen LogP contribution is 2.45. The Kier molecular flexibility index (Phi) is 5.44. The lowest BCUT2D eigenvalue weighted by Crippen LogP contribution is -2.32. The monoisotopic (exact) mass is 426 g/mol. The Morgan fingerprint density at radius 3 is 2.35 bits per heavy atom. The molecule has 3 nitrogen and oxygen atoms in total. The van der Waals surface area contributed by atoms with Gasteiger partial charge in [0.1, 0.15) is 0 Å². The first-order chi connectivity index (χ1) is 15.2. The van der Waals surface area contributed by atoms with Crippen molar-refractivity contribution in [2.45, 2.75) is 25.3 Å². The molecule has 1 aliphatic carbocycles. The fourth-order valence-electron chi connectivity index (χ4n) is 4.66. The summed E-state index contributed by atoms with van der Waals surface area (Å²) in [5.74, 6) is 0.0259. The minimum atomic E-state index is -0.152. The second-order valence-corrected chi connectivity index (χ2v) is 8.46. The number of carbonyl (C=O) groups excluding carboxylic acids is 1. The summed E-state index contributed by atoms with van der Waals surface area (Å²) in [6, 6.07) is 27.6. The van der Waals surface area contributed by atoms with Crippen LogP contribution in [0.3, 0.4) is 0 Å². The zero-order valence-electron chi connectivity index (χ0n) is 17.1. The molecule has 0 aromatic heterocycles. The van der Waals surface area contributed by atoms with Gasteiger partial charge in [-0.1, -0.05) is 84.4 Å². The lowest BCUT2D eigenvalue weighted by Gasteiger charge is -2.29. The van der Waals surface area contributed by atoms with Gasteiger partial charge in [0.05, 0.1) is 22.3 Å². The highest BCUT2D eigenvalue weighted by molar-refractivity contribution is 6.33. The number of fused-ring (bicyclic) bond motifs is 1. The number of hydrazone groups is 1. The third kappa shape index (κ3) is 3.82. The van der Waals surface area contributed by atoms with E-state index in [1.165, 1.54) is 5.57 Å². The number of allylic oxidation sites excluding steroid dienone is 1. The first-order valence-electron chi connectivity index (χ1n) is 10.7. The average molecular weight is 427 g/mol. The minimum absolute atomic E-state index is 0.126. The topological polar surface area (TPSA) is 32.7 Å². The van der Waals surface area contributed by atoms with Crippen LogP contribution in [0.25, 0.3) is 6.08 Å². The van der Waals surface area contributed by atoms with Crippen LogP contribution in [0.4, 0.5) is 0 Å². The number of halogens is 1.